The first-order valence-corrected chi connectivity index (χ1v) is 6.14. The Morgan fingerprint density at radius 2 is 2.20 bits per heavy atom. The zero-order chi connectivity index (χ0) is 10.8. The minimum atomic E-state index is -1.04. The molecule has 4 heteroatoms. The van der Waals surface area contributed by atoms with Gasteiger partial charge in [0.15, 0.2) is 5.78 Å². The number of carbonyl (C=O) groups excluding carboxylic acids is 1. The molecule has 15 heavy (non-hydrogen) atoms. The minimum absolute atomic E-state index is 0.0646. The Bertz CT molecular complexity index is 426. The van der Waals surface area contributed by atoms with Gasteiger partial charge in [0.05, 0.1) is 17.9 Å². The number of benzene rings is 1. The van der Waals surface area contributed by atoms with Gasteiger partial charge in [0.25, 0.3) is 0 Å². The number of ether oxygens (including phenoxy) is 1. The van der Waals surface area contributed by atoms with Gasteiger partial charge in [-0.05, 0) is 24.6 Å². The van der Waals surface area contributed by atoms with E-state index in [2.05, 4.69) is 0 Å². The number of methoxy groups -OCH3 is 1. The summed E-state index contributed by atoms with van der Waals surface area (Å²) < 4.78 is 16.8. The first-order valence-electron chi connectivity index (χ1n) is 4.82. The third kappa shape index (κ3) is 1.95. The van der Waals surface area contributed by atoms with E-state index in [-0.39, 0.29) is 5.78 Å². The molecule has 0 fully saturated rings. The van der Waals surface area contributed by atoms with Crippen molar-refractivity contribution in [2.24, 2.45) is 0 Å². The predicted octanol–water partition coefficient (Wildman–Crippen LogP) is 1.78. The Balaban J connectivity index is 2.55. The van der Waals surface area contributed by atoms with Gasteiger partial charge >= 0.3 is 0 Å². The Kier molecular flexibility index (Phi) is 2.86. The molecule has 0 spiro atoms. The Labute approximate surface area is 90.9 Å². The molecule has 1 unspecified atom stereocenters. The molecule has 80 valence electrons. The molecule has 0 saturated carbocycles. The highest BCUT2D eigenvalue weighted by Crippen LogP contribution is 2.25. The minimum Gasteiger partial charge on any atom is -0.497 e. The number of fused-ring (bicyclic) bond motifs is 1. The summed E-state index contributed by atoms with van der Waals surface area (Å²) in [6, 6.07) is 5.16. The van der Waals surface area contributed by atoms with E-state index in [1.807, 2.05) is 0 Å². The summed E-state index contributed by atoms with van der Waals surface area (Å²) >= 11 is 0. The van der Waals surface area contributed by atoms with Crippen LogP contribution in [0.4, 0.5) is 0 Å². The topological polar surface area (TPSA) is 43.4 Å². The highest BCUT2D eigenvalue weighted by molar-refractivity contribution is 7.85. The summed E-state index contributed by atoms with van der Waals surface area (Å²) in [7, 11) is 0.516. The molecule has 1 aromatic rings. The van der Waals surface area contributed by atoms with Crippen LogP contribution in [0.15, 0.2) is 23.1 Å². The van der Waals surface area contributed by atoms with E-state index in [1.54, 1.807) is 25.3 Å². The van der Waals surface area contributed by atoms with Gasteiger partial charge in [-0.15, -0.1) is 0 Å². The van der Waals surface area contributed by atoms with Crippen LogP contribution in [-0.2, 0) is 10.8 Å². The summed E-state index contributed by atoms with van der Waals surface area (Å²) in [5.41, 5.74) is 0.560. The van der Waals surface area contributed by atoms with Crippen molar-refractivity contribution in [3.8, 4) is 5.75 Å². The van der Waals surface area contributed by atoms with Gasteiger partial charge in [-0.25, -0.2) is 0 Å². The van der Waals surface area contributed by atoms with Gasteiger partial charge in [0.2, 0.25) is 0 Å². The summed E-state index contributed by atoms with van der Waals surface area (Å²) in [4.78, 5) is 12.4. The van der Waals surface area contributed by atoms with E-state index in [1.165, 1.54) is 0 Å². The van der Waals surface area contributed by atoms with Crippen LogP contribution in [0.3, 0.4) is 0 Å². The second-order valence-electron chi connectivity index (χ2n) is 3.44. The Morgan fingerprint density at radius 1 is 1.40 bits per heavy atom. The maximum Gasteiger partial charge on any atom is 0.164 e. The first kappa shape index (κ1) is 10.4. The van der Waals surface area contributed by atoms with Crippen LogP contribution in [0.25, 0.3) is 0 Å². The predicted molar refractivity (Wildman–Crippen MR) is 57.8 cm³/mol. The molecular weight excluding hydrogens is 212 g/mol. The third-order valence-corrected chi connectivity index (χ3v) is 3.97. The zero-order valence-corrected chi connectivity index (χ0v) is 9.30. The molecule has 3 nitrogen and oxygen atoms in total. The van der Waals surface area contributed by atoms with E-state index in [0.29, 0.717) is 34.8 Å². The normalized spacial score (nSPS) is 20.6. The molecule has 1 aliphatic rings. The number of carbonyl (C=O) groups is 1. The van der Waals surface area contributed by atoms with E-state index < -0.39 is 10.8 Å². The fourth-order valence-corrected chi connectivity index (χ4v) is 2.93. The lowest BCUT2D eigenvalue weighted by atomic mass is 10.1. The SMILES string of the molecule is COc1ccc2c(c1)C(=O)CCCS2=O. The van der Waals surface area contributed by atoms with Crippen molar-refractivity contribution in [3.63, 3.8) is 0 Å². The molecule has 0 radical (unpaired) electrons. The van der Waals surface area contributed by atoms with Gasteiger partial charge in [-0.1, -0.05) is 0 Å². The number of hydrogen-bond acceptors (Lipinski definition) is 3. The van der Waals surface area contributed by atoms with Crippen LogP contribution in [0, 0.1) is 0 Å². The Morgan fingerprint density at radius 3 is 2.93 bits per heavy atom. The van der Waals surface area contributed by atoms with Crippen molar-refractivity contribution >= 4 is 16.6 Å². The smallest absolute Gasteiger partial charge is 0.164 e. The lowest BCUT2D eigenvalue weighted by Gasteiger charge is -2.06. The summed E-state index contributed by atoms with van der Waals surface area (Å²) in [6.07, 6.45) is 1.17. The average Bonchev–Trinajstić information content (AvgIpc) is 2.40. The highest BCUT2D eigenvalue weighted by atomic mass is 32.2. The fraction of sp³-hybridized carbons (Fsp3) is 0.364. The number of Topliss-reactive ketones (excluding diaryl/α,β-unsaturated/α-hetero) is 1. The molecule has 2 rings (SSSR count). The van der Waals surface area contributed by atoms with Crippen molar-refractivity contribution < 1.29 is 13.7 Å². The van der Waals surface area contributed by atoms with Gasteiger partial charge in [-0.3, -0.25) is 9.00 Å². The van der Waals surface area contributed by atoms with Crippen LogP contribution < -0.4 is 4.74 Å². The molecule has 1 atom stereocenters. The number of ketones is 1. The quantitative estimate of drug-likeness (QED) is 0.730. The number of rotatable bonds is 1. The van der Waals surface area contributed by atoms with E-state index in [0.717, 1.165) is 0 Å². The highest BCUT2D eigenvalue weighted by Gasteiger charge is 2.20. The zero-order valence-electron chi connectivity index (χ0n) is 8.49. The summed E-state index contributed by atoms with van der Waals surface area (Å²) in [5, 5.41) is 0. The molecule has 1 heterocycles. The van der Waals surface area contributed by atoms with Gasteiger partial charge in [-0.2, -0.15) is 0 Å². The average molecular weight is 224 g/mol. The molecule has 0 aliphatic carbocycles. The monoisotopic (exact) mass is 224 g/mol. The molecule has 0 bridgehead atoms. The van der Waals surface area contributed by atoms with Crippen molar-refractivity contribution in [2.75, 3.05) is 12.9 Å². The number of hydrogen-bond donors (Lipinski definition) is 0. The van der Waals surface area contributed by atoms with Gasteiger partial charge in [0, 0.05) is 22.6 Å². The second-order valence-corrected chi connectivity index (χ2v) is 4.98. The second kappa shape index (κ2) is 4.14. The maximum atomic E-state index is 11.8. The van der Waals surface area contributed by atoms with E-state index in [4.69, 9.17) is 4.74 Å². The fourth-order valence-electron chi connectivity index (χ4n) is 1.66. The van der Waals surface area contributed by atoms with Crippen LogP contribution >= 0.6 is 0 Å². The van der Waals surface area contributed by atoms with Crippen molar-refractivity contribution in [1.29, 1.82) is 0 Å². The summed E-state index contributed by atoms with van der Waals surface area (Å²) in [5.74, 6) is 1.28. The molecule has 1 aliphatic heterocycles. The van der Waals surface area contributed by atoms with Crippen molar-refractivity contribution in [2.45, 2.75) is 17.7 Å². The van der Waals surface area contributed by atoms with Crippen LogP contribution in [0.5, 0.6) is 5.75 Å². The molecule has 0 N–H and O–H groups in total. The van der Waals surface area contributed by atoms with Crippen molar-refractivity contribution in [1.82, 2.24) is 0 Å². The van der Waals surface area contributed by atoms with Crippen LogP contribution in [0.1, 0.15) is 23.2 Å². The Hall–Kier alpha value is -1.16. The molecule has 0 aromatic heterocycles. The van der Waals surface area contributed by atoms with E-state index >= 15 is 0 Å². The van der Waals surface area contributed by atoms with Crippen LogP contribution in [-0.4, -0.2) is 22.9 Å². The molecule has 1 aromatic carbocycles. The molecule has 0 amide bonds. The van der Waals surface area contributed by atoms with Crippen molar-refractivity contribution in [3.05, 3.63) is 23.8 Å². The molecular formula is C11H12O3S. The standard InChI is InChI=1S/C11H12O3S/c1-14-8-4-5-11-9(7-8)10(12)3-2-6-15(11)13/h4-5,7H,2-3,6H2,1H3. The van der Waals surface area contributed by atoms with Gasteiger partial charge in [0.1, 0.15) is 5.75 Å². The molecule has 0 saturated heterocycles. The lowest BCUT2D eigenvalue weighted by Crippen LogP contribution is -2.01. The van der Waals surface area contributed by atoms with Gasteiger partial charge < -0.3 is 4.74 Å². The summed E-state index contributed by atoms with van der Waals surface area (Å²) in [6.45, 7) is 0. The maximum absolute atomic E-state index is 11.8. The van der Waals surface area contributed by atoms with E-state index in [9.17, 15) is 9.00 Å². The lowest BCUT2D eigenvalue weighted by molar-refractivity contribution is 0.0980. The largest absolute Gasteiger partial charge is 0.497 e. The van der Waals surface area contributed by atoms with Crippen LogP contribution in [0.2, 0.25) is 0 Å². The first-order chi connectivity index (χ1) is 7.22. The third-order valence-electron chi connectivity index (χ3n) is 2.47.